The number of nitrogens with two attached hydrogens (primary N) is 2. The van der Waals surface area contributed by atoms with Gasteiger partial charge in [0, 0.05) is 19.4 Å². The van der Waals surface area contributed by atoms with Crippen molar-refractivity contribution in [2.45, 2.75) is 25.7 Å². The van der Waals surface area contributed by atoms with Crippen LogP contribution in [-0.2, 0) is 4.79 Å². The van der Waals surface area contributed by atoms with Crippen molar-refractivity contribution in [2.75, 3.05) is 13.1 Å². The third kappa shape index (κ3) is 7.49. The van der Waals surface area contributed by atoms with Crippen molar-refractivity contribution in [1.29, 1.82) is 0 Å². The average Bonchev–Trinajstić information content (AvgIpc) is 1.99. The lowest BCUT2D eigenvalue weighted by Crippen LogP contribution is -2.08. The first-order valence-corrected chi connectivity index (χ1v) is 4.07. The molecule has 0 fully saturated rings. The highest BCUT2D eigenvalue weighted by Crippen LogP contribution is 2.00. The molecule has 0 aliphatic rings. The summed E-state index contributed by atoms with van der Waals surface area (Å²) in [5, 5.41) is 0. The Morgan fingerprint density at radius 2 is 1.91 bits per heavy atom. The van der Waals surface area contributed by atoms with Crippen molar-refractivity contribution in [3.8, 4) is 0 Å². The maximum atomic E-state index is 10.8. The number of rotatable bonds is 7. The predicted octanol–water partition coefficient (Wildman–Crippen LogP) is 0.238. The summed E-state index contributed by atoms with van der Waals surface area (Å²) in [6.45, 7) is 1.07. The number of hydrogen-bond donors (Lipinski definition) is 2. The summed E-state index contributed by atoms with van der Waals surface area (Å²) < 4.78 is 0. The highest BCUT2D eigenvalue weighted by atomic mass is 16.1. The van der Waals surface area contributed by atoms with Crippen LogP contribution in [-0.4, -0.2) is 18.9 Å². The fraction of sp³-hybridized carbons (Fsp3) is 0.750. The summed E-state index contributed by atoms with van der Waals surface area (Å²) in [5.74, 6) is 0.157. The van der Waals surface area contributed by atoms with Gasteiger partial charge in [0.25, 0.3) is 0 Å². The normalized spacial score (nSPS) is 10.0. The van der Waals surface area contributed by atoms with Crippen molar-refractivity contribution in [1.82, 2.24) is 0 Å². The summed E-state index contributed by atoms with van der Waals surface area (Å²) in [6.07, 6.45) is 5.14. The fourth-order valence-electron chi connectivity index (χ4n) is 0.854. The lowest BCUT2D eigenvalue weighted by atomic mass is 10.1. The van der Waals surface area contributed by atoms with Crippen LogP contribution in [0.1, 0.15) is 25.7 Å². The molecule has 0 aromatic carbocycles. The van der Waals surface area contributed by atoms with Crippen LogP contribution >= 0.6 is 0 Å². The number of carbonyl (C=O) groups is 1. The zero-order chi connectivity index (χ0) is 8.53. The van der Waals surface area contributed by atoms with Crippen LogP contribution in [0.25, 0.3) is 0 Å². The maximum Gasteiger partial charge on any atom is 0.138 e. The van der Waals surface area contributed by atoms with Crippen molar-refractivity contribution < 1.29 is 4.79 Å². The van der Waals surface area contributed by atoms with Crippen LogP contribution in [0.4, 0.5) is 0 Å². The molecule has 3 heteroatoms. The van der Waals surface area contributed by atoms with Crippen LogP contribution in [0.15, 0.2) is 0 Å². The molecule has 0 atom stereocenters. The first-order valence-electron chi connectivity index (χ1n) is 4.07. The van der Waals surface area contributed by atoms with Gasteiger partial charge in [0.1, 0.15) is 5.78 Å². The molecule has 0 bridgehead atoms. The molecule has 0 spiro atoms. The van der Waals surface area contributed by atoms with E-state index in [0.717, 1.165) is 25.8 Å². The smallest absolute Gasteiger partial charge is 0.138 e. The van der Waals surface area contributed by atoms with Gasteiger partial charge < -0.3 is 11.5 Å². The van der Waals surface area contributed by atoms with E-state index in [-0.39, 0.29) is 5.78 Å². The summed E-state index contributed by atoms with van der Waals surface area (Å²) in [7, 11) is 0. The summed E-state index contributed by atoms with van der Waals surface area (Å²) in [5.41, 5.74) is 10.5. The Morgan fingerprint density at radius 3 is 2.45 bits per heavy atom. The molecule has 3 nitrogen and oxygen atoms in total. The van der Waals surface area contributed by atoms with Gasteiger partial charge in [-0.1, -0.05) is 6.42 Å². The highest BCUT2D eigenvalue weighted by Gasteiger charge is 1.99. The van der Waals surface area contributed by atoms with Crippen LogP contribution < -0.4 is 11.5 Å². The molecule has 0 aromatic heterocycles. The van der Waals surface area contributed by atoms with E-state index in [1.54, 1.807) is 0 Å². The lowest BCUT2D eigenvalue weighted by Gasteiger charge is -1.97. The van der Waals surface area contributed by atoms with Crippen molar-refractivity contribution in [3.63, 3.8) is 0 Å². The van der Waals surface area contributed by atoms with Gasteiger partial charge >= 0.3 is 0 Å². The number of ketones is 1. The minimum absolute atomic E-state index is 0.157. The number of unbranched alkanes of at least 4 members (excludes halogenated alkanes) is 2. The van der Waals surface area contributed by atoms with Crippen LogP contribution in [0.5, 0.6) is 0 Å². The van der Waals surface area contributed by atoms with Crippen molar-refractivity contribution in [2.24, 2.45) is 11.5 Å². The number of Topliss-reactive ketones (excluding diaryl/α,β-unsaturated/α-hetero) is 1. The van der Waals surface area contributed by atoms with E-state index < -0.39 is 0 Å². The molecule has 0 saturated carbocycles. The molecule has 0 unspecified atom stereocenters. The second-order valence-corrected chi connectivity index (χ2v) is 2.51. The molecular weight excluding hydrogens is 140 g/mol. The lowest BCUT2D eigenvalue weighted by molar-refractivity contribution is -0.116. The molecule has 65 valence electrons. The van der Waals surface area contributed by atoms with E-state index in [4.69, 9.17) is 11.5 Å². The van der Waals surface area contributed by atoms with Gasteiger partial charge in [-0.25, -0.2) is 0 Å². The van der Waals surface area contributed by atoms with Crippen molar-refractivity contribution >= 4 is 5.78 Å². The zero-order valence-electron chi connectivity index (χ0n) is 6.88. The quantitative estimate of drug-likeness (QED) is 0.520. The molecule has 1 radical (unpaired) electrons. The summed E-state index contributed by atoms with van der Waals surface area (Å²) in [4.78, 5) is 10.8. The second-order valence-electron chi connectivity index (χ2n) is 2.51. The van der Waals surface area contributed by atoms with E-state index >= 15 is 0 Å². The van der Waals surface area contributed by atoms with Crippen LogP contribution in [0.2, 0.25) is 0 Å². The van der Waals surface area contributed by atoms with Gasteiger partial charge in [-0.3, -0.25) is 4.79 Å². The molecule has 0 aromatic rings. The topological polar surface area (TPSA) is 69.1 Å². The van der Waals surface area contributed by atoms with Gasteiger partial charge in [0.2, 0.25) is 0 Å². The third-order valence-corrected chi connectivity index (χ3v) is 1.47. The number of hydrogen-bond acceptors (Lipinski definition) is 3. The third-order valence-electron chi connectivity index (χ3n) is 1.47. The SMILES string of the molecule is NC[CH]C(=O)CCCCCN. The molecule has 0 aliphatic carbocycles. The van der Waals surface area contributed by atoms with Gasteiger partial charge in [-0.2, -0.15) is 0 Å². The number of carbonyl (C=O) groups excluding carboxylic acids is 1. The molecule has 0 amide bonds. The van der Waals surface area contributed by atoms with E-state index in [1.807, 2.05) is 0 Å². The van der Waals surface area contributed by atoms with Crippen molar-refractivity contribution in [3.05, 3.63) is 6.42 Å². The standard InChI is InChI=1S/C8H17N2O/c9-6-3-1-2-4-8(11)5-7-10/h5H,1-4,6-7,9-10H2. The highest BCUT2D eigenvalue weighted by molar-refractivity contribution is 5.86. The Bertz CT molecular complexity index is 104. The molecule has 0 saturated heterocycles. The van der Waals surface area contributed by atoms with Gasteiger partial charge in [0.15, 0.2) is 0 Å². The van der Waals surface area contributed by atoms with Crippen LogP contribution in [0.3, 0.4) is 0 Å². The Kier molecular flexibility index (Phi) is 7.41. The molecular formula is C8H17N2O. The molecule has 0 rings (SSSR count). The summed E-state index contributed by atoms with van der Waals surface area (Å²) in [6, 6.07) is 0. The molecule has 4 N–H and O–H groups in total. The minimum atomic E-state index is 0.157. The van der Waals surface area contributed by atoms with E-state index in [0.29, 0.717) is 13.0 Å². The second kappa shape index (κ2) is 7.69. The van der Waals surface area contributed by atoms with E-state index in [2.05, 4.69) is 0 Å². The summed E-state index contributed by atoms with van der Waals surface area (Å²) >= 11 is 0. The predicted molar refractivity (Wildman–Crippen MR) is 45.9 cm³/mol. The maximum absolute atomic E-state index is 10.8. The Labute approximate surface area is 68.1 Å². The fourth-order valence-corrected chi connectivity index (χ4v) is 0.854. The van der Waals surface area contributed by atoms with Gasteiger partial charge in [-0.05, 0) is 19.4 Å². The Hall–Kier alpha value is -0.410. The first-order chi connectivity index (χ1) is 5.31. The Balaban J connectivity index is 3.04. The monoisotopic (exact) mass is 157 g/mol. The van der Waals surface area contributed by atoms with E-state index in [1.165, 1.54) is 6.42 Å². The minimum Gasteiger partial charge on any atom is -0.330 e. The van der Waals surface area contributed by atoms with E-state index in [9.17, 15) is 4.79 Å². The zero-order valence-corrected chi connectivity index (χ0v) is 6.88. The molecule has 0 heterocycles. The average molecular weight is 157 g/mol. The molecule has 0 aliphatic heterocycles. The largest absolute Gasteiger partial charge is 0.330 e. The van der Waals surface area contributed by atoms with Crippen LogP contribution in [0, 0.1) is 6.42 Å². The Morgan fingerprint density at radius 1 is 1.18 bits per heavy atom. The van der Waals surface area contributed by atoms with Gasteiger partial charge in [-0.15, -0.1) is 0 Å². The first kappa shape index (κ1) is 10.6. The van der Waals surface area contributed by atoms with Gasteiger partial charge in [0.05, 0.1) is 0 Å². The molecule has 11 heavy (non-hydrogen) atoms.